The molecule has 0 saturated carbocycles. The molecule has 0 radical (unpaired) electrons. The highest BCUT2D eigenvalue weighted by Gasteiger charge is 2.33. The molecule has 25 heavy (non-hydrogen) atoms. The molecule has 0 aliphatic carbocycles. The van der Waals surface area contributed by atoms with Crippen molar-refractivity contribution in [2.45, 2.75) is 0 Å². The molecular formula is C16H20N6O2S. The number of carbonyl (C=O) groups excluding carboxylic acids is 2. The first kappa shape index (κ1) is 16.2. The second-order valence-corrected chi connectivity index (χ2v) is 7.26. The number of thiophene rings is 1. The number of piperazine rings is 1. The summed E-state index contributed by atoms with van der Waals surface area (Å²) < 4.78 is 1.13. The summed E-state index contributed by atoms with van der Waals surface area (Å²) in [5.74, 6) is 0.901. The van der Waals surface area contributed by atoms with E-state index in [2.05, 4.69) is 19.8 Å². The Labute approximate surface area is 149 Å². The van der Waals surface area contributed by atoms with Gasteiger partial charge in [0.1, 0.15) is 18.7 Å². The van der Waals surface area contributed by atoms with Crippen LogP contribution in [0.5, 0.6) is 0 Å². The molecule has 132 valence electrons. The Balaban J connectivity index is 1.34. The highest BCUT2D eigenvalue weighted by molar-refractivity contribution is 7.17. The number of likely N-dealkylation sites (N-methyl/N-ethyl adjacent to an activating group) is 1. The van der Waals surface area contributed by atoms with E-state index in [0.717, 1.165) is 48.8 Å². The molecule has 4 heterocycles. The van der Waals surface area contributed by atoms with Crippen LogP contribution in [0.15, 0.2) is 17.8 Å². The van der Waals surface area contributed by atoms with Gasteiger partial charge in [0.2, 0.25) is 5.91 Å². The van der Waals surface area contributed by atoms with E-state index in [-0.39, 0.29) is 18.5 Å². The molecule has 0 N–H and O–H groups in total. The number of amides is 3. The zero-order valence-electron chi connectivity index (χ0n) is 14.1. The van der Waals surface area contributed by atoms with E-state index in [1.165, 1.54) is 9.80 Å². The molecule has 2 fully saturated rings. The normalized spacial score (nSPS) is 19.5. The van der Waals surface area contributed by atoms with Crippen molar-refractivity contribution in [1.29, 1.82) is 0 Å². The molecule has 0 spiro atoms. The van der Waals surface area contributed by atoms with Gasteiger partial charge in [0.05, 0.1) is 10.2 Å². The van der Waals surface area contributed by atoms with Gasteiger partial charge in [0.25, 0.3) is 0 Å². The van der Waals surface area contributed by atoms with Gasteiger partial charge in [-0.3, -0.25) is 14.6 Å². The second kappa shape index (κ2) is 6.57. The summed E-state index contributed by atoms with van der Waals surface area (Å²) in [5.41, 5.74) is 0.993. The summed E-state index contributed by atoms with van der Waals surface area (Å²) >= 11 is 1.67. The van der Waals surface area contributed by atoms with Crippen LogP contribution in [0.2, 0.25) is 0 Å². The van der Waals surface area contributed by atoms with Crippen LogP contribution in [0.1, 0.15) is 0 Å². The van der Waals surface area contributed by atoms with Gasteiger partial charge < -0.3 is 9.80 Å². The van der Waals surface area contributed by atoms with Gasteiger partial charge in [0, 0.05) is 46.3 Å². The average Bonchev–Trinajstić information content (AvgIpc) is 3.19. The molecule has 2 saturated heterocycles. The zero-order valence-corrected chi connectivity index (χ0v) is 14.9. The molecule has 2 aromatic rings. The lowest BCUT2D eigenvalue weighted by atomic mass is 10.3. The number of aromatic nitrogens is 2. The molecule has 2 aliphatic rings. The van der Waals surface area contributed by atoms with Crippen molar-refractivity contribution in [2.75, 3.05) is 57.8 Å². The highest BCUT2D eigenvalue weighted by Crippen LogP contribution is 2.28. The maximum absolute atomic E-state index is 11.9. The van der Waals surface area contributed by atoms with E-state index in [1.54, 1.807) is 24.7 Å². The fraction of sp³-hybridized carbons (Fsp3) is 0.500. The number of hydrogen-bond donors (Lipinski definition) is 0. The van der Waals surface area contributed by atoms with E-state index >= 15 is 0 Å². The number of fused-ring (bicyclic) bond motifs is 1. The zero-order chi connectivity index (χ0) is 17.4. The number of rotatable bonds is 4. The second-order valence-electron chi connectivity index (χ2n) is 6.34. The van der Waals surface area contributed by atoms with Crippen LogP contribution in [-0.2, 0) is 4.79 Å². The van der Waals surface area contributed by atoms with Crippen molar-refractivity contribution < 1.29 is 9.59 Å². The van der Waals surface area contributed by atoms with E-state index in [0.29, 0.717) is 6.54 Å². The molecule has 2 aromatic heterocycles. The summed E-state index contributed by atoms with van der Waals surface area (Å²) in [4.78, 5) is 39.9. The fourth-order valence-corrected chi connectivity index (χ4v) is 4.18. The van der Waals surface area contributed by atoms with Crippen LogP contribution in [0.4, 0.5) is 10.6 Å². The van der Waals surface area contributed by atoms with Crippen molar-refractivity contribution in [3.8, 4) is 0 Å². The van der Waals surface area contributed by atoms with Gasteiger partial charge in [-0.25, -0.2) is 14.8 Å². The van der Waals surface area contributed by atoms with E-state index < -0.39 is 0 Å². The molecule has 0 bridgehead atoms. The summed E-state index contributed by atoms with van der Waals surface area (Å²) in [6.45, 7) is 4.92. The number of urea groups is 1. The van der Waals surface area contributed by atoms with Crippen LogP contribution in [0.3, 0.4) is 0 Å². The Morgan fingerprint density at radius 2 is 1.92 bits per heavy atom. The third-order valence-corrected chi connectivity index (χ3v) is 5.67. The van der Waals surface area contributed by atoms with Gasteiger partial charge >= 0.3 is 6.03 Å². The smallest absolute Gasteiger partial charge is 0.327 e. The van der Waals surface area contributed by atoms with E-state index in [1.807, 2.05) is 11.4 Å². The standard InChI is InChI=1S/C16H20N6O2S/c1-19-10-13(23)22(16(19)24)8-5-20-3-6-21(7-4-20)15-14-12(2-9-25-14)17-11-18-15/h2,9,11H,3-8,10H2,1H3. The molecule has 0 aromatic carbocycles. The minimum atomic E-state index is -0.190. The minimum Gasteiger partial charge on any atom is -0.353 e. The van der Waals surface area contributed by atoms with Crippen LogP contribution >= 0.6 is 11.3 Å². The minimum absolute atomic E-state index is 0.104. The third kappa shape index (κ3) is 3.05. The Kier molecular flexibility index (Phi) is 4.26. The fourth-order valence-electron chi connectivity index (χ4n) is 3.31. The topological polar surface area (TPSA) is 72.9 Å². The lowest BCUT2D eigenvalue weighted by Crippen LogP contribution is -2.49. The Hall–Kier alpha value is -2.26. The maximum atomic E-state index is 11.9. The highest BCUT2D eigenvalue weighted by atomic mass is 32.1. The van der Waals surface area contributed by atoms with Crippen LogP contribution < -0.4 is 4.90 Å². The molecule has 3 amide bonds. The predicted molar refractivity (Wildman–Crippen MR) is 95.8 cm³/mol. The van der Waals surface area contributed by atoms with Crippen molar-refractivity contribution in [2.24, 2.45) is 0 Å². The van der Waals surface area contributed by atoms with Gasteiger partial charge in [-0.05, 0) is 11.4 Å². The third-order valence-electron chi connectivity index (χ3n) is 4.77. The molecule has 0 atom stereocenters. The lowest BCUT2D eigenvalue weighted by Gasteiger charge is -2.35. The first-order chi connectivity index (χ1) is 12.1. The van der Waals surface area contributed by atoms with E-state index in [4.69, 9.17) is 0 Å². The summed E-state index contributed by atoms with van der Waals surface area (Å²) in [5, 5.41) is 2.04. The number of imide groups is 1. The number of hydrogen-bond acceptors (Lipinski definition) is 7. The SMILES string of the molecule is CN1CC(=O)N(CCN2CCN(c3ncnc4ccsc34)CC2)C1=O. The molecule has 4 rings (SSSR count). The van der Waals surface area contributed by atoms with Crippen molar-refractivity contribution in [3.63, 3.8) is 0 Å². The van der Waals surface area contributed by atoms with E-state index in [9.17, 15) is 9.59 Å². The number of anilines is 1. The van der Waals surface area contributed by atoms with Crippen molar-refractivity contribution >= 4 is 39.3 Å². The molecule has 9 heteroatoms. The molecule has 0 unspecified atom stereocenters. The maximum Gasteiger partial charge on any atom is 0.327 e. The summed E-state index contributed by atoms with van der Waals surface area (Å²) in [6.07, 6.45) is 1.62. The lowest BCUT2D eigenvalue weighted by molar-refractivity contribution is -0.125. The monoisotopic (exact) mass is 360 g/mol. The van der Waals surface area contributed by atoms with Crippen molar-refractivity contribution in [3.05, 3.63) is 17.8 Å². The first-order valence-electron chi connectivity index (χ1n) is 8.34. The summed E-state index contributed by atoms with van der Waals surface area (Å²) in [7, 11) is 1.66. The van der Waals surface area contributed by atoms with Gasteiger partial charge in [0.15, 0.2) is 0 Å². The quantitative estimate of drug-likeness (QED) is 0.748. The number of carbonyl (C=O) groups is 2. The van der Waals surface area contributed by atoms with Gasteiger partial charge in [-0.1, -0.05) is 0 Å². The molecule has 2 aliphatic heterocycles. The average molecular weight is 360 g/mol. The van der Waals surface area contributed by atoms with Gasteiger partial charge in [-0.15, -0.1) is 11.3 Å². The predicted octanol–water partition coefficient (Wildman–Crippen LogP) is 0.707. The largest absolute Gasteiger partial charge is 0.353 e. The molecular weight excluding hydrogens is 340 g/mol. The van der Waals surface area contributed by atoms with Crippen molar-refractivity contribution in [1.82, 2.24) is 24.7 Å². The van der Waals surface area contributed by atoms with Crippen LogP contribution in [0.25, 0.3) is 10.2 Å². The Bertz CT molecular complexity index is 801. The molecule has 8 nitrogen and oxygen atoms in total. The Morgan fingerprint density at radius 3 is 2.64 bits per heavy atom. The van der Waals surface area contributed by atoms with Gasteiger partial charge in [-0.2, -0.15) is 0 Å². The first-order valence-corrected chi connectivity index (χ1v) is 9.22. The summed E-state index contributed by atoms with van der Waals surface area (Å²) in [6, 6.07) is 1.83. The van der Waals surface area contributed by atoms with Crippen LogP contribution in [-0.4, -0.2) is 89.5 Å². The number of nitrogens with zero attached hydrogens (tertiary/aromatic N) is 6. The van der Waals surface area contributed by atoms with Crippen LogP contribution in [0, 0.1) is 0 Å². The Morgan fingerprint density at radius 1 is 1.12 bits per heavy atom.